The lowest BCUT2D eigenvalue weighted by Crippen LogP contribution is -2.43. The Balaban J connectivity index is 1.52. The van der Waals surface area contributed by atoms with E-state index in [9.17, 15) is 27.6 Å². The minimum absolute atomic E-state index is 0.0691. The largest absolute Gasteiger partial charge is 0.449 e. The standard InChI is InChI=1S/C28H24F3N3O5/c29-22-9-3-19(4-10-22)16-25(35)33-23-11-5-20(6-12-23)17-39-28(37)34-24(27(36)38-14-13-32)15-18-1-7-21(8-2-18)26(30)31/h1-12,24,26H,14-17H2,(H,33,35)(H,34,37)/t24-/m0/s1. The van der Waals surface area contributed by atoms with Crippen molar-refractivity contribution in [3.05, 3.63) is 101 Å². The highest BCUT2D eigenvalue weighted by Gasteiger charge is 2.24. The van der Waals surface area contributed by atoms with Crippen molar-refractivity contribution >= 4 is 23.7 Å². The molecule has 0 aliphatic heterocycles. The van der Waals surface area contributed by atoms with Gasteiger partial charge in [0.25, 0.3) is 6.43 Å². The SMILES string of the molecule is N#CCOC(=O)[C@H](Cc1ccc(C(F)F)cc1)NC(=O)OCc1ccc(NC(=O)Cc2ccc(F)cc2)cc1. The van der Waals surface area contributed by atoms with E-state index in [-0.39, 0.29) is 36.7 Å². The summed E-state index contributed by atoms with van der Waals surface area (Å²) in [5.74, 6) is -1.56. The van der Waals surface area contributed by atoms with Crippen LogP contribution in [0.2, 0.25) is 0 Å². The molecule has 0 unspecified atom stereocenters. The fourth-order valence-electron chi connectivity index (χ4n) is 3.44. The lowest BCUT2D eigenvalue weighted by atomic mass is 10.0. The van der Waals surface area contributed by atoms with Gasteiger partial charge in [-0.15, -0.1) is 0 Å². The average molecular weight is 540 g/mol. The highest BCUT2D eigenvalue weighted by molar-refractivity contribution is 5.92. The number of alkyl carbamates (subject to hydrolysis) is 1. The van der Waals surface area contributed by atoms with Gasteiger partial charge in [0.05, 0.1) is 6.42 Å². The molecule has 0 spiro atoms. The number of benzene rings is 3. The number of carbonyl (C=O) groups excluding carboxylic acids is 3. The minimum Gasteiger partial charge on any atom is -0.449 e. The van der Waals surface area contributed by atoms with E-state index >= 15 is 0 Å². The number of rotatable bonds is 11. The van der Waals surface area contributed by atoms with Crippen LogP contribution in [-0.4, -0.2) is 30.6 Å². The van der Waals surface area contributed by atoms with Gasteiger partial charge in [-0.2, -0.15) is 5.26 Å². The minimum atomic E-state index is -2.64. The molecule has 0 saturated carbocycles. The van der Waals surface area contributed by atoms with Gasteiger partial charge in [0.1, 0.15) is 24.5 Å². The fourth-order valence-corrected chi connectivity index (χ4v) is 3.44. The number of nitrogens with zero attached hydrogens (tertiary/aromatic N) is 1. The Kier molecular flexibility index (Phi) is 10.4. The molecule has 3 rings (SSSR count). The summed E-state index contributed by atoms with van der Waals surface area (Å²) >= 11 is 0. The second kappa shape index (κ2) is 14.2. The Morgan fingerprint density at radius 3 is 2.08 bits per heavy atom. The van der Waals surface area contributed by atoms with Crippen LogP contribution in [0.1, 0.15) is 28.7 Å². The van der Waals surface area contributed by atoms with Gasteiger partial charge in [-0.3, -0.25) is 4.79 Å². The highest BCUT2D eigenvalue weighted by Crippen LogP contribution is 2.19. The number of amides is 2. The molecule has 39 heavy (non-hydrogen) atoms. The first kappa shape index (κ1) is 28.7. The normalized spacial score (nSPS) is 11.3. The quantitative estimate of drug-likeness (QED) is 0.337. The number of nitriles is 1. The van der Waals surface area contributed by atoms with E-state index in [1.54, 1.807) is 30.3 Å². The summed E-state index contributed by atoms with van der Waals surface area (Å²) in [5, 5.41) is 13.7. The van der Waals surface area contributed by atoms with Gasteiger partial charge in [-0.25, -0.2) is 22.8 Å². The number of esters is 1. The van der Waals surface area contributed by atoms with E-state index in [0.29, 0.717) is 22.4 Å². The molecule has 0 fully saturated rings. The van der Waals surface area contributed by atoms with Gasteiger partial charge in [0.15, 0.2) is 6.61 Å². The molecule has 3 aromatic rings. The molecule has 0 aliphatic rings. The summed E-state index contributed by atoms with van der Waals surface area (Å²) in [6, 6.07) is 17.8. The average Bonchev–Trinajstić information content (AvgIpc) is 2.92. The van der Waals surface area contributed by atoms with Crippen LogP contribution in [-0.2, 0) is 38.5 Å². The van der Waals surface area contributed by atoms with E-state index in [2.05, 4.69) is 10.6 Å². The van der Waals surface area contributed by atoms with Gasteiger partial charge in [-0.05, 0) is 41.0 Å². The molecule has 0 aliphatic carbocycles. The second-order valence-corrected chi connectivity index (χ2v) is 8.33. The van der Waals surface area contributed by atoms with Gasteiger partial charge >= 0.3 is 12.1 Å². The van der Waals surface area contributed by atoms with Gasteiger partial charge < -0.3 is 20.1 Å². The molecule has 2 N–H and O–H groups in total. The number of anilines is 1. The number of carbonyl (C=O) groups is 3. The van der Waals surface area contributed by atoms with Crippen LogP contribution in [0.4, 0.5) is 23.7 Å². The first-order chi connectivity index (χ1) is 18.7. The summed E-state index contributed by atoms with van der Waals surface area (Å²) < 4.78 is 48.5. The molecule has 0 saturated heterocycles. The smallest absolute Gasteiger partial charge is 0.408 e. The van der Waals surface area contributed by atoms with Crippen LogP contribution >= 0.6 is 0 Å². The Bertz CT molecular complexity index is 1310. The van der Waals surface area contributed by atoms with Crippen LogP contribution in [0.25, 0.3) is 0 Å². The number of alkyl halides is 2. The first-order valence-electron chi connectivity index (χ1n) is 11.7. The second-order valence-electron chi connectivity index (χ2n) is 8.33. The van der Waals surface area contributed by atoms with Crippen molar-refractivity contribution in [1.29, 1.82) is 5.26 Å². The summed E-state index contributed by atoms with van der Waals surface area (Å²) in [6.45, 7) is -0.679. The van der Waals surface area contributed by atoms with Crippen molar-refractivity contribution in [2.24, 2.45) is 0 Å². The number of ether oxygens (including phenoxy) is 2. The summed E-state index contributed by atoms with van der Waals surface area (Å²) in [5.41, 5.74) is 2.05. The maximum absolute atomic E-state index is 13.0. The zero-order valence-electron chi connectivity index (χ0n) is 20.5. The van der Waals surface area contributed by atoms with Crippen LogP contribution in [0.5, 0.6) is 0 Å². The van der Waals surface area contributed by atoms with E-state index < -0.39 is 31.1 Å². The number of hydrogen-bond donors (Lipinski definition) is 2. The molecular weight excluding hydrogens is 515 g/mol. The summed E-state index contributed by atoms with van der Waals surface area (Å²) in [4.78, 5) is 36.9. The molecule has 11 heteroatoms. The molecule has 0 aromatic heterocycles. The zero-order chi connectivity index (χ0) is 28.2. The first-order valence-corrected chi connectivity index (χ1v) is 11.7. The Morgan fingerprint density at radius 1 is 0.846 bits per heavy atom. The fraction of sp³-hybridized carbons (Fsp3) is 0.214. The number of hydrogen-bond acceptors (Lipinski definition) is 6. The number of nitrogens with one attached hydrogen (secondary N) is 2. The summed E-state index contributed by atoms with van der Waals surface area (Å²) in [7, 11) is 0. The predicted octanol–water partition coefficient (Wildman–Crippen LogP) is 4.85. The van der Waals surface area contributed by atoms with E-state index in [0.717, 1.165) is 0 Å². The van der Waals surface area contributed by atoms with Gasteiger partial charge in [0, 0.05) is 17.7 Å². The van der Waals surface area contributed by atoms with Gasteiger partial charge in [0.2, 0.25) is 5.91 Å². The Hall–Kier alpha value is -4.85. The summed E-state index contributed by atoms with van der Waals surface area (Å²) in [6.07, 6.45) is -3.58. The van der Waals surface area contributed by atoms with Crippen molar-refractivity contribution in [3.8, 4) is 6.07 Å². The lowest BCUT2D eigenvalue weighted by Gasteiger charge is -2.17. The third kappa shape index (κ3) is 9.51. The maximum Gasteiger partial charge on any atom is 0.408 e. The maximum atomic E-state index is 13.0. The molecule has 0 heterocycles. The molecule has 1 atom stereocenters. The van der Waals surface area contributed by atoms with Crippen LogP contribution in [0.15, 0.2) is 72.8 Å². The van der Waals surface area contributed by atoms with Crippen LogP contribution < -0.4 is 10.6 Å². The molecule has 8 nitrogen and oxygen atoms in total. The van der Waals surface area contributed by atoms with Crippen molar-refractivity contribution in [2.75, 3.05) is 11.9 Å². The third-order valence-corrected chi connectivity index (χ3v) is 5.41. The molecule has 0 radical (unpaired) electrons. The predicted molar refractivity (Wildman–Crippen MR) is 134 cm³/mol. The van der Waals surface area contributed by atoms with Crippen LogP contribution in [0, 0.1) is 17.1 Å². The van der Waals surface area contributed by atoms with Crippen molar-refractivity contribution < 1.29 is 37.0 Å². The zero-order valence-corrected chi connectivity index (χ0v) is 20.5. The Morgan fingerprint density at radius 2 is 1.46 bits per heavy atom. The van der Waals surface area contributed by atoms with Gasteiger partial charge in [-0.1, -0.05) is 48.5 Å². The third-order valence-electron chi connectivity index (χ3n) is 5.41. The monoisotopic (exact) mass is 539 g/mol. The van der Waals surface area contributed by atoms with Crippen molar-refractivity contribution in [1.82, 2.24) is 5.32 Å². The topological polar surface area (TPSA) is 118 Å². The molecule has 2 amide bonds. The van der Waals surface area contributed by atoms with Crippen molar-refractivity contribution in [2.45, 2.75) is 31.9 Å². The lowest BCUT2D eigenvalue weighted by molar-refractivity contribution is -0.144. The Labute approximate surface area is 222 Å². The van der Waals surface area contributed by atoms with Crippen LogP contribution in [0.3, 0.4) is 0 Å². The van der Waals surface area contributed by atoms with E-state index in [1.807, 2.05) is 0 Å². The molecular formula is C28H24F3N3O5. The van der Waals surface area contributed by atoms with Crippen molar-refractivity contribution in [3.63, 3.8) is 0 Å². The molecule has 3 aromatic carbocycles. The van der Waals surface area contributed by atoms with E-state index in [4.69, 9.17) is 14.7 Å². The molecule has 202 valence electrons. The highest BCUT2D eigenvalue weighted by atomic mass is 19.3. The van der Waals surface area contributed by atoms with E-state index in [1.165, 1.54) is 48.5 Å². The molecule has 0 bridgehead atoms. The number of halogens is 3.